The molecule has 2 rings (SSSR count). The largest absolute Gasteiger partial charge is 0.379 e. The van der Waals surface area contributed by atoms with Gasteiger partial charge in [-0.25, -0.2) is 0 Å². The molecule has 2 aliphatic rings. The molecule has 4 nitrogen and oxygen atoms in total. The van der Waals surface area contributed by atoms with E-state index in [1.807, 2.05) is 4.90 Å². The zero-order chi connectivity index (χ0) is 13.8. The van der Waals surface area contributed by atoms with Crippen LogP contribution < -0.4 is 5.32 Å². The summed E-state index contributed by atoms with van der Waals surface area (Å²) in [5, 5.41) is 3.45. The van der Waals surface area contributed by atoms with Gasteiger partial charge in [-0.3, -0.25) is 10.1 Å². The van der Waals surface area contributed by atoms with Crippen LogP contribution in [0.25, 0.3) is 0 Å². The van der Waals surface area contributed by atoms with Gasteiger partial charge in [0.05, 0.1) is 18.8 Å². The number of carbonyl (C=O) groups is 1. The predicted molar refractivity (Wildman–Crippen MR) is 75.7 cm³/mol. The smallest absolute Gasteiger partial charge is 0.241 e. The second-order valence-electron chi connectivity index (χ2n) is 6.32. The lowest BCUT2D eigenvalue weighted by atomic mass is 10.1. The van der Waals surface area contributed by atoms with Gasteiger partial charge in [0.25, 0.3) is 0 Å². The molecule has 0 aromatic carbocycles. The van der Waals surface area contributed by atoms with Crippen molar-refractivity contribution < 1.29 is 9.53 Å². The highest BCUT2D eigenvalue weighted by atomic mass is 16.5. The first-order valence-electron chi connectivity index (χ1n) is 7.76. The van der Waals surface area contributed by atoms with Crippen LogP contribution in [0.5, 0.6) is 0 Å². The third-order valence-electron chi connectivity index (χ3n) is 3.98. The van der Waals surface area contributed by atoms with Crippen LogP contribution in [0.15, 0.2) is 0 Å². The van der Waals surface area contributed by atoms with Gasteiger partial charge < -0.3 is 9.64 Å². The summed E-state index contributed by atoms with van der Waals surface area (Å²) in [5.74, 6) is 1.64. The molecule has 0 radical (unpaired) electrons. The van der Waals surface area contributed by atoms with Crippen molar-refractivity contribution in [2.45, 2.75) is 58.7 Å². The molecule has 0 aromatic rings. The maximum atomic E-state index is 12.3. The van der Waals surface area contributed by atoms with E-state index in [1.165, 1.54) is 12.8 Å². The predicted octanol–water partition coefficient (Wildman–Crippen LogP) is 2.00. The number of carbonyl (C=O) groups excluding carboxylic acids is 1. The number of amides is 1. The lowest BCUT2D eigenvalue weighted by Crippen LogP contribution is -2.40. The molecule has 1 heterocycles. The van der Waals surface area contributed by atoms with Crippen molar-refractivity contribution in [2.75, 3.05) is 19.8 Å². The second-order valence-corrected chi connectivity index (χ2v) is 6.32. The molecule has 1 amide bonds. The summed E-state index contributed by atoms with van der Waals surface area (Å²) >= 11 is 0. The van der Waals surface area contributed by atoms with E-state index < -0.39 is 0 Å². The third kappa shape index (κ3) is 4.18. The Morgan fingerprint density at radius 1 is 1.42 bits per heavy atom. The molecule has 1 aliphatic heterocycles. The van der Waals surface area contributed by atoms with Crippen LogP contribution in [-0.2, 0) is 9.53 Å². The van der Waals surface area contributed by atoms with E-state index in [4.69, 9.17) is 4.74 Å². The molecule has 0 spiro atoms. The van der Waals surface area contributed by atoms with Gasteiger partial charge in [0.2, 0.25) is 5.91 Å². The molecule has 2 unspecified atom stereocenters. The fourth-order valence-corrected chi connectivity index (χ4v) is 2.64. The number of ether oxygens (including phenoxy) is 1. The van der Waals surface area contributed by atoms with Gasteiger partial charge in [0.15, 0.2) is 0 Å². The summed E-state index contributed by atoms with van der Waals surface area (Å²) < 4.78 is 5.67. The minimum absolute atomic E-state index is 0.00665. The summed E-state index contributed by atoms with van der Waals surface area (Å²) in [7, 11) is 0. The fourth-order valence-electron chi connectivity index (χ4n) is 2.64. The summed E-state index contributed by atoms with van der Waals surface area (Å²) in [5.41, 5.74) is 0. The van der Waals surface area contributed by atoms with Crippen molar-refractivity contribution in [1.29, 1.82) is 0 Å². The molecule has 1 aliphatic carbocycles. The second kappa shape index (κ2) is 6.71. The van der Waals surface area contributed by atoms with Gasteiger partial charge in [-0.15, -0.1) is 0 Å². The first-order valence-corrected chi connectivity index (χ1v) is 7.76. The average Bonchev–Trinajstić information content (AvgIpc) is 3.13. The van der Waals surface area contributed by atoms with Crippen molar-refractivity contribution in [1.82, 2.24) is 10.2 Å². The van der Waals surface area contributed by atoms with Gasteiger partial charge in [0.1, 0.15) is 0 Å². The lowest BCUT2D eigenvalue weighted by molar-refractivity contribution is -0.131. The van der Waals surface area contributed by atoms with Crippen LogP contribution in [0.4, 0.5) is 0 Å². The molecular formula is C15H28N2O2. The van der Waals surface area contributed by atoms with Crippen LogP contribution in [0.1, 0.15) is 46.5 Å². The number of nitrogens with one attached hydrogen (secondary N) is 1. The lowest BCUT2D eigenvalue weighted by Gasteiger charge is -2.25. The number of nitrogens with zero attached hydrogens (tertiary/aromatic N) is 1. The van der Waals surface area contributed by atoms with Gasteiger partial charge in [-0.05, 0) is 37.5 Å². The van der Waals surface area contributed by atoms with Crippen molar-refractivity contribution >= 4 is 5.91 Å². The highest BCUT2D eigenvalue weighted by Crippen LogP contribution is 2.28. The summed E-state index contributed by atoms with van der Waals surface area (Å²) in [6.07, 6.45) is 4.72. The number of rotatable bonds is 8. The van der Waals surface area contributed by atoms with Crippen molar-refractivity contribution in [2.24, 2.45) is 11.8 Å². The maximum absolute atomic E-state index is 12.3. The van der Waals surface area contributed by atoms with Gasteiger partial charge in [0, 0.05) is 13.2 Å². The van der Waals surface area contributed by atoms with Gasteiger partial charge >= 0.3 is 0 Å². The normalized spacial score (nSPS) is 27.6. The fraction of sp³-hybridized carbons (Fsp3) is 0.933. The van der Waals surface area contributed by atoms with E-state index in [-0.39, 0.29) is 18.1 Å². The molecule has 2 fully saturated rings. The first-order chi connectivity index (χ1) is 9.11. The summed E-state index contributed by atoms with van der Waals surface area (Å²) in [6, 6.07) is 0.00665. The average molecular weight is 268 g/mol. The topological polar surface area (TPSA) is 41.6 Å². The maximum Gasteiger partial charge on any atom is 0.241 e. The van der Waals surface area contributed by atoms with Crippen LogP contribution >= 0.6 is 0 Å². The molecular weight excluding hydrogens is 240 g/mol. The zero-order valence-electron chi connectivity index (χ0n) is 12.5. The monoisotopic (exact) mass is 268 g/mol. The van der Waals surface area contributed by atoms with Crippen molar-refractivity contribution in [3.63, 3.8) is 0 Å². The van der Waals surface area contributed by atoms with E-state index in [1.54, 1.807) is 0 Å². The Morgan fingerprint density at radius 2 is 2.16 bits per heavy atom. The molecule has 1 saturated carbocycles. The molecule has 110 valence electrons. The Hall–Kier alpha value is -0.610. The van der Waals surface area contributed by atoms with Crippen LogP contribution in [0, 0.1) is 11.8 Å². The summed E-state index contributed by atoms with van der Waals surface area (Å²) in [4.78, 5) is 14.3. The Labute approximate surface area is 116 Å². The first kappa shape index (κ1) is 14.8. The standard InChI is InChI=1S/C15H28N2O2/c1-4-13-15(18)17(14(16-13)9-11(2)3)7-8-19-10-12-5-6-12/h11-14,16H,4-10H2,1-3H3. The quantitative estimate of drug-likeness (QED) is 0.685. The molecule has 2 atom stereocenters. The Kier molecular flexibility index (Phi) is 5.22. The Bertz CT molecular complexity index is 303. The molecule has 1 N–H and O–H groups in total. The molecule has 4 heteroatoms. The molecule has 19 heavy (non-hydrogen) atoms. The van der Waals surface area contributed by atoms with E-state index >= 15 is 0 Å². The molecule has 0 aromatic heterocycles. The van der Waals surface area contributed by atoms with Crippen LogP contribution in [0.2, 0.25) is 0 Å². The zero-order valence-corrected chi connectivity index (χ0v) is 12.5. The van der Waals surface area contributed by atoms with Crippen LogP contribution in [0.3, 0.4) is 0 Å². The van der Waals surface area contributed by atoms with Crippen molar-refractivity contribution in [3.8, 4) is 0 Å². The van der Waals surface area contributed by atoms with E-state index in [9.17, 15) is 4.79 Å². The van der Waals surface area contributed by atoms with Gasteiger partial charge in [-0.1, -0.05) is 20.8 Å². The molecule has 1 saturated heterocycles. The van der Waals surface area contributed by atoms with E-state index in [0.717, 1.165) is 31.9 Å². The third-order valence-corrected chi connectivity index (χ3v) is 3.98. The van der Waals surface area contributed by atoms with Crippen molar-refractivity contribution in [3.05, 3.63) is 0 Å². The van der Waals surface area contributed by atoms with Crippen LogP contribution in [-0.4, -0.2) is 42.8 Å². The minimum atomic E-state index is 0.00665. The SMILES string of the molecule is CCC1NC(CC(C)C)N(CCOCC2CC2)C1=O. The Balaban J connectivity index is 1.79. The summed E-state index contributed by atoms with van der Waals surface area (Å²) in [6.45, 7) is 8.75. The number of hydrogen-bond donors (Lipinski definition) is 1. The minimum Gasteiger partial charge on any atom is -0.379 e. The highest BCUT2D eigenvalue weighted by molar-refractivity contribution is 5.84. The highest BCUT2D eigenvalue weighted by Gasteiger charge is 2.37. The molecule has 0 bridgehead atoms. The Morgan fingerprint density at radius 3 is 2.74 bits per heavy atom. The number of hydrogen-bond acceptors (Lipinski definition) is 3. The van der Waals surface area contributed by atoms with E-state index in [2.05, 4.69) is 26.1 Å². The van der Waals surface area contributed by atoms with Gasteiger partial charge in [-0.2, -0.15) is 0 Å². The van der Waals surface area contributed by atoms with E-state index in [0.29, 0.717) is 12.5 Å².